The van der Waals surface area contributed by atoms with E-state index in [1.807, 2.05) is 12.1 Å². The van der Waals surface area contributed by atoms with Gasteiger partial charge in [0.1, 0.15) is 0 Å². The van der Waals surface area contributed by atoms with Crippen molar-refractivity contribution in [3.8, 4) is 12.1 Å². The van der Waals surface area contributed by atoms with Gasteiger partial charge in [0.05, 0.1) is 25.0 Å². The molecule has 0 aromatic carbocycles. The summed E-state index contributed by atoms with van der Waals surface area (Å²) in [5, 5.41) is 24.7. The van der Waals surface area contributed by atoms with Gasteiger partial charge in [0.2, 0.25) is 0 Å². The van der Waals surface area contributed by atoms with E-state index in [4.69, 9.17) is 10.5 Å². The maximum Gasteiger partial charge on any atom is 0.355 e. The molecule has 0 N–H and O–H groups in total. The van der Waals surface area contributed by atoms with Crippen LogP contribution in [0.15, 0.2) is 10.2 Å². The highest BCUT2D eigenvalue weighted by Crippen LogP contribution is 2.14. The van der Waals surface area contributed by atoms with Crippen LogP contribution < -0.4 is 0 Å². The number of hydrogen-bond donors (Lipinski definition) is 0. The van der Waals surface area contributed by atoms with Crippen LogP contribution in [0, 0.1) is 22.7 Å². The van der Waals surface area contributed by atoms with E-state index >= 15 is 0 Å². The molecule has 0 aromatic rings. The highest BCUT2D eigenvalue weighted by Gasteiger charge is 2.19. The number of rotatable bonds is 22. The summed E-state index contributed by atoms with van der Waals surface area (Å²) in [6.07, 6.45) is 22.3. The summed E-state index contributed by atoms with van der Waals surface area (Å²) in [6, 6.07) is 3.94. The van der Waals surface area contributed by atoms with Gasteiger partial charge < -0.3 is 0 Å². The molecular formula is C32H58N4O4. The van der Waals surface area contributed by atoms with Gasteiger partial charge in [-0.2, -0.15) is 20.8 Å². The summed E-state index contributed by atoms with van der Waals surface area (Å²) in [5.41, 5.74) is -1.68. The van der Waals surface area contributed by atoms with Crippen LogP contribution in [0.2, 0.25) is 0 Å². The summed E-state index contributed by atoms with van der Waals surface area (Å²) in [6.45, 7) is 11.0. The molecule has 0 saturated carbocycles. The second kappa shape index (κ2) is 26.7. The number of azo groups is 1. The van der Waals surface area contributed by atoms with Crippen LogP contribution in [0.5, 0.6) is 0 Å². The smallest absolute Gasteiger partial charge is 0.247 e. The predicted octanol–water partition coefficient (Wildman–Crippen LogP) is 9.87. The number of carbonyl (C=O) groups excluding carboxylic acids is 2. The Balaban J connectivity index is 0. The highest BCUT2D eigenvalue weighted by molar-refractivity contribution is 5.72. The first kappa shape index (κ1) is 39.7. The summed E-state index contributed by atoms with van der Waals surface area (Å²) in [5.74, 6) is -0.855. The molecule has 0 spiro atoms. The molecule has 0 aliphatic heterocycles. The molecule has 8 nitrogen and oxygen atoms in total. The van der Waals surface area contributed by atoms with Gasteiger partial charge >= 0.3 is 11.9 Å². The quantitative estimate of drug-likeness (QED) is 0.0559. The zero-order chi connectivity index (χ0) is 30.5. The summed E-state index contributed by atoms with van der Waals surface area (Å²) >= 11 is 0. The fraction of sp³-hybridized carbons (Fsp3) is 0.875. The van der Waals surface area contributed by atoms with E-state index in [1.54, 1.807) is 27.7 Å². The Hall–Kier alpha value is -2.48. The van der Waals surface area contributed by atoms with Crippen molar-refractivity contribution in [2.24, 2.45) is 10.2 Å². The van der Waals surface area contributed by atoms with E-state index in [1.165, 1.54) is 77.0 Å². The standard InChI is InChI=1S/C24H46O4.C8H12N4/c1-3-5-7-9-11-13-15-17-19-21-23(25)27-28-24(26)22-20-18-16-14-12-10-8-6-4-2;1-7(2,5-9)11-12-8(3,4)6-10/h3-22H2,1-2H3;1-4H3. The third-order valence-electron chi connectivity index (χ3n) is 6.29. The van der Waals surface area contributed by atoms with Crippen molar-refractivity contribution in [3.63, 3.8) is 0 Å². The molecule has 230 valence electrons. The Labute approximate surface area is 245 Å². The van der Waals surface area contributed by atoms with E-state index in [2.05, 4.69) is 33.9 Å². The molecule has 0 unspecified atom stereocenters. The van der Waals surface area contributed by atoms with Gasteiger partial charge in [0.25, 0.3) is 0 Å². The van der Waals surface area contributed by atoms with Crippen molar-refractivity contribution in [1.82, 2.24) is 0 Å². The molecule has 0 saturated heterocycles. The number of nitriles is 2. The van der Waals surface area contributed by atoms with Crippen molar-refractivity contribution in [2.75, 3.05) is 0 Å². The number of hydrogen-bond acceptors (Lipinski definition) is 8. The topological polar surface area (TPSA) is 125 Å². The zero-order valence-corrected chi connectivity index (χ0v) is 26.6. The van der Waals surface area contributed by atoms with Gasteiger partial charge in [-0.15, -0.1) is 0 Å². The largest absolute Gasteiger partial charge is 0.355 e. The predicted molar refractivity (Wildman–Crippen MR) is 160 cm³/mol. The first-order valence-corrected chi connectivity index (χ1v) is 15.7. The molecule has 40 heavy (non-hydrogen) atoms. The molecule has 0 rings (SSSR count). The highest BCUT2D eigenvalue weighted by atomic mass is 17.2. The van der Waals surface area contributed by atoms with Crippen LogP contribution >= 0.6 is 0 Å². The summed E-state index contributed by atoms with van der Waals surface area (Å²) in [4.78, 5) is 32.4. The van der Waals surface area contributed by atoms with Crippen molar-refractivity contribution < 1.29 is 19.4 Å². The zero-order valence-electron chi connectivity index (χ0n) is 26.6. The molecule has 0 heterocycles. The van der Waals surface area contributed by atoms with Crippen molar-refractivity contribution >= 4 is 11.9 Å². The molecule has 0 bridgehead atoms. The maximum absolute atomic E-state index is 11.6. The molecule has 0 aliphatic carbocycles. The Morgan fingerprint density at radius 2 is 0.775 bits per heavy atom. The SMILES string of the molecule is CC(C)(C#N)N=NC(C)(C)C#N.CCCCCCCCCCCC(=O)OOC(=O)CCCCCCCCCCC. The first-order chi connectivity index (χ1) is 19.0. The van der Waals surface area contributed by atoms with E-state index in [-0.39, 0.29) is 0 Å². The minimum atomic E-state index is -0.839. The second-order valence-corrected chi connectivity index (χ2v) is 11.6. The molecule has 0 aromatic heterocycles. The average molecular weight is 563 g/mol. The molecule has 0 amide bonds. The number of unbranched alkanes of at least 4 members (excludes halogenated alkanes) is 16. The van der Waals surface area contributed by atoms with Gasteiger partial charge in [-0.1, -0.05) is 117 Å². The van der Waals surface area contributed by atoms with E-state index in [9.17, 15) is 9.59 Å². The number of carbonyl (C=O) groups is 2. The van der Waals surface area contributed by atoms with Crippen LogP contribution in [0.3, 0.4) is 0 Å². The van der Waals surface area contributed by atoms with Gasteiger partial charge in [0, 0.05) is 0 Å². The molecule has 8 heteroatoms. The lowest BCUT2D eigenvalue weighted by Crippen LogP contribution is -2.17. The third-order valence-corrected chi connectivity index (χ3v) is 6.29. The number of nitrogens with zero attached hydrogens (tertiary/aromatic N) is 4. The second-order valence-electron chi connectivity index (χ2n) is 11.6. The lowest BCUT2D eigenvalue weighted by Gasteiger charge is -2.11. The van der Waals surface area contributed by atoms with Crippen LogP contribution in [-0.2, 0) is 19.4 Å². The van der Waals surface area contributed by atoms with Gasteiger partial charge in [-0.05, 0) is 40.5 Å². The summed E-state index contributed by atoms with van der Waals surface area (Å²) < 4.78 is 0. The Morgan fingerprint density at radius 1 is 0.525 bits per heavy atom. The van der Waals surface area contributed by atoms with Crippen molar-refractivity contribution in [3.05, 3.63) is 0 Å². The normalized spacial score (nSPS) is 11.3. The van der Waals surface area contributed by atoms with E-state index in [0.29, 0.717) is 12.8 Å². The molecule has 0 aliphatic rings. The van der Waals surface area contributed by atoms with E-state index in [0.717, 1.165) is 38.5 Å². The van der Waals surface area contributed by atoms with Crippen molar-refractivity contribution in [1.29, 1.82) is 10.5 Å². The lowest BCUT2D eigenvalue weighted by atomic mass is 10.1. The van der Waals surface area contributed by atoms with Gasteiger partial charge in [0.15, 0.2) is 11.1 Å². The maximum atomic E-state index is 11.6. The Morgan fingerprint density at radius 3 is 1.02 bits per heavy atom. The van der Waals surface area contributed by atoms with Crippen molar-refractivity contribution in [2.45, 2.75) is 181 Å². The Kier molecular flexibility index (Phi) is 26.5. The molecule has 0 atom stereocenters. The summed E-state index contributed by atoms with van der Waals surface area (Å²) in [7, 11) is 0. The van der Waals surface area contributed by atoms with Gasteiger partial charge in [-0.3, -0.25) is 0 Å². The fourth-order valence-corrected chi connectivity index (χ4v) is 3.63. The monoisotopic (exact) mass is 562 g/mol. The van der Waals surface area contributed by atoms with E-state index < -0.39 is 23.0 Å². The Bertz CT molecular complexity index is 689. The van der Waals surface area contributed by atoms with Crippen LogP contribution in [0.1, 0.15) is 170 Å². The minimum absolute atomic E-state index is 0.334. The average Bonchev–Trinajstić information content (AvgIpc) is 2.93. The van der Waals surface area contributed by atoms with Crippen LogP contribution in [0.25, 0.3) is 0 Å². The fourth-order valence-electron chi connectivity index (χ4n) is 3.63. The lowest BCUT2D eigenvalue weighted by molar-refractivity contribution is -0.259. The van der Waals surface area contributed by atoms with Crippen LogP contribution in [0.4, 0.5) is 0 Å². The van der Waals surface area contributed by atoms with Gasteiger partial charge in [-0.25, -0.2) is 19.4 Å². The molecular weight excluding hydrogens is 504 g/mol. The molecule has 0 fully saturated rings. The third kappa shape index (κ3) is 30.1. The minimum Gasteiger partial charge on any atom is -0.247 e. The molecule has 0 radical (unpaired) electrons. The first-order valence-electron chi connectivity index (χ1n) is 15.7. The van der Waals surface area contributed by atoms with Crippen LogP contribution in [-0.4, -0.2) is 23.0 Å².